The fourth-order valence-electron chi connectivity index (χ4n) is 4.19. The molecule has 0 atom stereocenters. The van der Waals surface area contributed by atoms with Gasteiger partial charge in [0, 0.05) is 11.1 Å². The number of rotatable bonds is 7. The van der Waals surface area contributed by atoms with Crippen molar-refractivity contribution in [1.82, 2.24) is 9.88 Å². The number of carbonyl (C=O) groups is 2. The molecule has 0 radical (unpaired) electrons. The third-order valence-corrected chi connectivity index (χ3v) is 8.25. The van der Waals surface area contributed by atoms with E-state index in [0.717, 1.165) is 4.90 Å². The van der Waals surface area contributed by atoms with Gasteiger partial charge in [0.05, 0.1) is 29.0 Å². The highest BCUT2D eigenvalue weighted by atomic mass is 32.2. The topological polar surface area (TPSA) is 99.7 Å². The van der Waals surface area contributed by atoms with E-state index in [9.17, 15) is 31.2 Å². The van der Waals surface area contributed by atoms with Crippen LogP contribution in [0.3, 0.4) is 0 Å². The van der Waals surface area contributed by atoms with Crippen LogP contribution in [0.15, 0.2) is 82.8 Å². The number of urea groups is 1. The molecular weight excluding hydrogens is 529 g/mol. The highest BCUT2D eigenvalue weighted by Gasteiger charge is 2.65. The summed E-state index contributed by atoms with van der Waals surface area (Å²) in [4.78, 5) is 33.0. The summed E-state index contributed by atoms with van der Waals surface area (Å²) in [5, 5.41) is 0. The van der Waals surface area contributed by atoms with Crippen molar-refractivity contribution < 1.29 is 31.2 Å². The Balaban J connectivity index is 1.40. The first-order valence-corrected chi connectivity index (χ1v) is 13.3. The number of sulfonamides is 1. The molecule has 3 aromatic rings. The van der Waals surface area contributed by atoms with Crippen molar-refractivity contribution in [3.63, 3.8) is 0 Å². The minimum Gasteiger partial charge on any atom is -0.305 e. The molecule has 13 heteroatoms. The van der Waals surface area contributed by atoms with E-state index in [1.54, 1.807) is 24.3 Å². The smallest absolute Gasteiger partial charge is 0.305 e. The average Bonchev–Trinajstić information content (AvgIpc) is 3.62. The summed E-state index contributed by atoms with van der Waals surface area (Å²) in [5.41, 5.74) is -4.78. The number of hydrogen-bond donors (Lipinski definition) is 1. The minimum atomic E-state index is -4.46. The number of alkyl halides is 3. The lowest BCUT2D eigenvalue weighted by Gasteiger charge is -2.23. The lowest BCUT2D eigenvalue weighted by Crippen LogP contribution is -2.36. The van der Waals surface area contributed by atoms with Gasteiger partial charge in [-0.3, -0.25) is 14.5 Å². The molecule has 37 heavy (non-hydrogen) atoms. The Labute approximate surface area is 214 Å². The summed E-state index contributed by atoms with van der Waals surface area (Å²) in [5.74, 6) is -0.464. The number of pyridine rings is 1. The standard InChI is InChI=1S/C24H19F3N4O4S2/c25-24(26,27)36-18-8-6-17(7-9-18)31-21(32)23(11-12-23)30(22(31)33)15-16-10-13-28-14-20(16)29-37(34,35)19-4-2-1-3-5-19/h1-10,13-14,29H,11-12,15H2. The van der Waals surface area contributed by atoms with Gasteiger partial charge in [-0.25, -0.2) is 18.1 Å². The Hall–Kier alpha value is -3.58. The molecule has 5 rings (SSSR count). The molecule has 0 unspecified atom stereocenters. The van der Waals surface area contributed by atoms with Gasteiger partial charge in [0.15, 0.2) is 0 Å². The van der Waals surface area contributed by atoms with Crippen molar-refractivity contribution in [2.45, 2.75) is 40.2 Å². The number of hydrogen-bond acceptors (Lipinski definition) is 6. The van der Waals surface area contributed by atoms with Crippen molar-refractivity contribution in [3.8, 4) is 0 Å². The Kier molecular flexibility index (Phi) is 6.15. The van der Waals surface area contributed by atoms with Crippen LogP contribution in [-0.2, 0) is 21.4 Å². The van der Waals surface area contributed by atoms with Gasteiger partial charge in [-0.05, 0) is 72.6 Å². The summed E-state index contributed by atoms with van der Waals surface area (Å²) in [6.45, 7) is -0.0712. The molecule has 2 aliphatic rings. The van der Waals surface area contributed by atoms with Gasteiger partial charge in [0.2, 0.25) is 0 Å². The Morgan fingerprint density at radius 3 is 2.30 bits per heavy atom. The number of anilines is 2. The summed E-state index contributed by atoms with van der Waals surface area (Å²) in [6, 6.07) is 13.7. The van der Waals surface area contributed by atoms with Crippen LogP contribution >= 0.6 is 11.8 Å². The first-order valence-electron chi connectivity index (χ1n) is 11.0. The van der Waals surface area contributed by atoms with Gasteiger partial charge in [0.25, 0.3) is 15.9 Å². The SMILES string of the molecule is O=C1N(c2ccc(SC(F)(F)F)cc2)C(=O)C2(CC2)N1Cc1ccncc1NS(=O)(=O)c1ccccc1. The second kappa shape index (κ2) is 9.06. The van der Waals surface area contributed by atoms with Gasteiger partial charge in [-0.2, -0.15) is 13.2 Å². The predicted octanol–water partition coefficient (Wildman–Crippen LogP) is 5.00. The van der Waals surface area contributed by atoms with E-state index in [1.807, 2.05) is 0 Å². The Bertz CT molecular complexity index is 1460. The van der Waals surface area contributed by atoms with E-state index in [1.165, 1.54) is 53.7 Å². The molecule has 192 valence electrons. The molecule has 1 spiro atoms. The van der Waals surface area contributed by atoms with Crippen LogP contribution in [0.5, 0.6) is 0 Å². The zero-order chi connectivity index (χ0) is 26.4. The van der Waals surface area contributed by atoms with Crippen LogP contribution in [0.4, 0.5) is 29.3 Å². The van der Waals surface area contributed by atoms with Crippen LogP contribution in [0, 0.1) is 0 Å². The Morgan fingerprint density at radius 1 is 1.00 bits per heavy atom. The maximum atomic E-state index is 13.4. The molecule has 2 fully saturated rings. The quantitative estimate of drug-likeness (QED) is 0.330. The largest absolute Gasteiger partial charge is 0.446 e. The Morgan fingerprint density at radius 2 is 1.68 bits per heavy atom. The predicted molar refractivity (Wildman–Crippen MR) is 130 cm³/mol. The van der Waals surface area contributed by atoms with Crippen molar-refractivity contribution in [2.75, 3.05) is 9.62 Å². The van der Waals surface area contributed by atoms with Gasteiger partial charge >= 0.3 is 11.5 Å². The minimum absolute atomic E-state index is 0.0502. The fraction of sp³-hybridized carbons (Fsp3) is 0.208. The van der Waals surface area contributed by atoms with Gasteiger partial charge in [0.1, 0.15) is 5.54 Å². The third-order valence-electron chi connectivity index (χ3n) is 6.13. The van der Waals surface area contributed by atoms with Crippen LogP contribution in [0.2, 0.25) is 0 Å². The monoisotopic (exact) mass is 548 g/mol. The molecular formula is C24H19F3N4O4S2. The zero-order valence-corrected chi connectivity index (χ0v) is 20.6. The van der Waals surface area contributed by atoms with Crippen LogP contribution < -0.4 is 9.62 Å². The molecule has 2 heterocycles. The van der Waals surface area contributed by atoms with Crippen LogP contribution in [0.1, 0.15) is 18.4 Å². The van der Waals surface area contributed by atoms with E-state index in [4.69, 9.17) is 0 Å². The number of benzene rings is 2. The number of halogens is 3. The summed E-state index contributed by atoms with van der Waals surface area (Å²) < 4.78 is 66.2. The first-order chi connectivity index (χ1) is 17.5. The van der Waals surface area contributed by atoms with Crippen molar-refractivity contribution >= 4 is 45.1 Å². The number of aromatic nitrogens is 1. The highest BCUT2D eigenvalue weighted by Crippen LogP contribution is 2.50. The van der Waals surface area contributed by atoms with Gasteiger partial charge in [-0.1, -0.05) is 18.2 Å². The molecule has 3 amide bonds. The summed E-state index contributed by atoms with van der Waals surface area (Å²) in [6.07, 6.45) is 3.62. The molecule has 1 aliphatic heterocycles. The third kappa shape index (κ3) is 4.88. The average molecular weight is 549 g/mol. The number of nitrogens with zero attached hydrogens (tertiary/aromatic N) is 3. The molecule has 1 saturated carbocycles. The molecule has 1 aliphatic carbocycles. The summed E-state index contributed by atoms with van der Waals surface area (Å²) >= 11 is -0.288. The molecule has 8 nitrogen and oxygen atoms in total. The van der Waals surface area contributed by atoms with E-state index in [0.29, 0.717) is 18.4 Å². The van der Waals surface area contributed by atoms with Crippen molar-refractivity contribution in [1.29, 1.82) is 0 Å². The number of imide groups is 1. The highest BCUT2D eigenvalue weighted by molar-refractivity contribution is 8.00. The number of thioether (sulfide) groups is 1. The lowest BCUT2D eigenvalue weighted by molar-refractivity contribution is -0.120. The van der Waals surface area contributed by atoms with Gasteiger partial charge in [-0.15, -0.1) is 0 Å². The summed E-state index contributed by atoms with van der Waals surface area (Å²) in [7, 11) is -3.93. The van der Waals surface area contributed by atoms with Crippen molar-refractivity contribution in [3.05, 3.63) is 78.6 Å². The normalized spacial score (nSPS) is 16.9. The number of amides is 3. The maximum Gasteiger partial charge on any atom is 0.446 e. The van der Waals surface area contributed by atoms with E-state index in [2.05, 4.69) is 9.71 Å². The number of nitrogens with one attached hydrogen (secondary N) is 1. The molecule has 2 aromatic carbocycles. The number of carbonyl (C=O) groups excluding carboxylic acids is 2. The molecule has 0 bridgehead atoms. The maximum absolute atomic E-state index is 13.4. The fourth-order valence-corrected chi connectivity index (χ4v) is 5.83. The van der Waals surface area contributed by atoms with Crippen molar-refractivity contribution in [2.24, 2.45) is 0 Å². The van der Waals surface area contributed by atoms with Gasteiger partial charge < -0.3 is 4.90 Å². The second-order valence-electron chi connectivity index (χ2n) is 8.53. The lowest BCUT2D eigenvalue weighted by atomic mass is 10.1. The zero-order valence-electron chi connectivity index (χ0n) is 19.0. The van der Waals surface area contributed by atoms with E-state index in [-0.39, 0.29) is 39.5 Å². The molecule has 1 N–H and O–H groups in total. The van der Waals surface area contributed by atoms with Crippen LogP contribution in [-0.4, -0.2) is 41.3 Å². The van der Waals surface area contributed by atoms with E-state index < -0.39 is 33.0 Å². The van der Waals surface area contributed by atoms with Crippen LogP contribution in [0.25, 0.3) is 0 Å². The van der Waals surface area contributed by atoms with E-state index >= 15 is 0 Å². The first kappa shape index (κ1) is 25.1. The molecule has 1 saturated heterocycles. The molecule has 1 aromatic heterocycles. The second-order valence-corrected chi connectivity index (χ2v) is 11.4.